The fraction of sp³-hybridized carbons (Fsp3) is 0.222. The number of rotatable bonds is 6. The molecule has 2 aromatic carbocycles. The highest BCUT2D eigenvalue weighted by Gasteiger charge is 2.19. The summed E-state index contributed by atoms with van der Waals surface area (Å²) in [6.07, 6.45) is 0. The SMILES string of the molecule is COC(=O)COc1c(Oc2cccc(C)c2)cccc1C(=O)OC. The molecule has 0 aliphatic heterocycles. The molecule has 0 aliphatic carbocycles. The van der Waals surface area contributed by atoms with Gasteiger partial charge >= 0.3 is 11.9 Å². The van der Waals surface area contributed by atoms with Crippen LogP contribution in [0.1, 0.15) is 15.9 Å². The van der Waals surface area contributed by atoms with Crippen molar-refractivity contribution >= 4 is 11.9 Å². The van der Waals surface area contributed by atoms with Crippen LogP contribution < -0.4 is 9.47 Å². The molecular formula is C18H18O6. The first-order chi connectivity index (χ1) is 11.5. The van der Waals surface area contributed by atoms with Crippen LogP contribution >= 0.6 is 0 Å². The van der Waals surface area contributed by atoms with Crippen molar-refractivity contribution in [2.45, 2.75) is 6.92 Å². The molecule has 0 saturated heterocycles. The van der Waals surface area contributed by atoms with E-state index in [1.807, 2.05) is 25.1 Å². The van der Waals surface area contributed by atoms with E-state index in [1.165, 1.54) is 20.3 Å². The van der Waals surface area contributed by atoms with E-state index in [-0.39, 0.29) is 17.9 Å². The molecule has 0 spiro atoms. The summed E-state index contributed by atoms with van der Waals surface area (Å²) in [6, 6.07) is 12.2. The highest BCUT2D eigenvalue weighted by Crippen LogP contribution is 2.35. The van der Waals surface area contributed by atoms with Crippen LogP contribution in [0.4, 0.5) is 0 Å². The Morgan fingerprint density at radius 3 is 2.42 bits per heavy atom. The maximum Gasteiger partial charge on any atom is 0.343 e. The lowest BCUT2D eigenvalue weighted by Crippen LogP contribution is -2.15. The molecule has 0 aliphatic rings. The second kappa shape index (κ2) is 8.01. The van der Waals surface area contributed by atoms with Crippen molar-refractivity contribution in [3.8, 4) is 17.2 Å². The van der Waals surface area contributed by atoms with Crippen molar-refractivity contribution in [2.24, 2.45) is 0 Å². The number of carbonyl (C=O) groups excluding carboxylic acids is 2. The number of aryl methyl sites for hydroxylation is 1. The van der Waals surface area contributed by atoms with Gasteiger partial charge in [0.1, 0.15) is 11.3 Å². The summed E-state index contributed by atoms with van der Waals surface area (Å²) in [5, 5.41) is 0. The number of para-hydroxylation sites is 1. The molecule has 0 bridgehead atoms. The number of esters is 2. The number of hydrogen-bond acceptors (Lipinski definition) is 6. The molecule has 0 fully saturated rings. The summed E-state index contributed by atoms with van der Waals surface area (Å²) >= 11 is 0. The first-order valence-electron chi connectivity index (χ1n) is 7.20. The lowest BCUT2D eigenvalue weighted by Gasteiger charge is -2.15. The van der Waals surface area contributed by atoms with Crippen molar-refractivity contribution in [2.75, 3.05) is 20.8 Å². The average molecular weight is 330 g/mol. The second-order valence-electron chi connectivity index (χ2n) is 4.91. The van der Waals surface area contributed by atoms with Crippen molar-refractivity contribution in [3.05, 3.63) is 53.6 Å². The zero-order valence-electron chi connectivity index (χ0n) is 13.7. The molecule has 0 atom stereocenters. The van der Waals surface area contributed by atoms with Crippen LogP contribution in [0.5, 0.6) is 17.2 Å². The van der Waals surface area contributed by atoms with Crippen molar-refractivity contribution in [1.29, 1.82) is 0 Å². The zero-order chi connectivity index (χ0) is 17.5. The van der Waals surface area contributed by atoms with E-state index >= 15 is 0 Å². The van der Waals surface area contributed by atoms with Crippen LogP contribution in [-0.4, -0.2) is 32.8 Å². The Morgan fingerprint density at radius 1 is 1.00 bits per heavy atom. The summed E-state index contributed by atoms with van der Waals surface area (Å²) in [4.78, 5) is 23.3. The maximum absolute atomic E-state index is 11.9. The Bertz CT molecular complexity index is 738. The molecule has 2 rings (SSSR count). The van der Waals surface area contributed by atoms with Crippen molar-refractivity contribution in [3.63, 3.8) is 0 Å². The Morgan fingerprint density at radius 2 is 1.75 bits per heavy atom. The van der Waals surface area contributed by atoms with E-state index in [9.17, 15) is 9.59 Å². The predicted molar refractivity (Wildman–Crippen MR) is 86.5 cm³/mol. The van der Waals surface area contributed by atoms with Crippen LogP contribution in [-0.2, 0) is 14.3 Å². The normalized spacial score (nSPS) is 9.96. The first-order valence-corrected chi connectivity index (χ1v) is 7.20. The Balaban J connectivity index is 2.37. The van der Waals surface area contributed by atoms with Crippen LogP contribution in [0.25, 0.3) is 0 Å². The summed E-state index contributed by atoms with van der Waals surface area (Å²) in [7, 11) is 2.52. The molecule has 6 nitrogen and oxygen atoms in total. The predicted octanol–water partition coefficient (Wildman–Crippen LogP) is 3.13. The molecule has 0 radical (unpaired) electrons. The number of methoxy groups -OCH3 is 2. The quantitative estimate of drug-likeness (QED) is 0.758. The topological polar surface area (TPSA) is 71.1 Å². The van der Waals surface area contributed by atoms with Crippen LogP contribution in [0.15, 0.2) is 42.5 Å². The minimum Gasteiger partial charge on any atom is -0.477 e. The van der Waals surface area contributed by atoms with E-state index in [1.54, 1.807) is 18.2 Å². The van der Waals surface area contributed by atoms with E-state index < -0.39 is 11.9 Å². The second-order valence-corrected chi connectivity index (χ2v) is 4.91. The van der Waals surface area contributed by atoms with Gasteiger partial charge in [-0.1, -0.05) is 18.2 Å². The van der Waals surface area contributed by atoms with Crippen molar-refractivity contribution < 1.29 is 28.5 Å². The molecule has 0 saturated carbocycles. The molecular weight excluding hydrogens is 312 g/mol. The summed E-state index contributed by atoms with van der Waals surface area (Å²) in [5.41, 5.74) is 1.18. The van der Waals surface area contributed by atoms with Gasteiger partial charge in [0.15, 0.2) is 18.1 Å². The molecule has 0 amide bonds. The van der Waals surface area contributed by atoms with Gasteiger partial charge in [0.25, 0.3) is 0 Å². The maximum atomic E-state index is 11.9. The molecule has 6 heteroatoms. The lowest BCUT2D eigenvalue weighted by molar-refractivity contribution is -0.142. The standard InChI is InChI=1S/C18H18O6/c1-12-6-4-7-13(10-12)24-15-9-5-8-14(18(20)22-3)17(15)23-11-16(19)21-2/h4-10H,11H2,1-3H3. The van der Waals surface area contributed by atoms with Gasteiger partial charge in [-0.25, -0.2) is 9.59 Å². The first kappa shape index (κ1) is 17.3. The highest BCUT2D eigenvalue weighted by molar-refractivity contribution is 5.93. The minimum atomic E-state index is -0.593. The summed E-state index contributed by atoms with van der Waals surface area (Å²) in [5.74, 6) is -0.163. The Labute approximate surface area is 139 Å². The van der Waals surface area contributed by atoms with Gasteiger partial charge in [0.2, 0.25) is 0 Å². The van der Waals surface area contributed by atoms with Gasteiger partial charge in [-0.15, -0.1) is 0 Å². The zero-order valence-corrected chi connectivity index (χ0v) is 13.7. The fourth-order valence-electron chi connectivity index (χ4n) is 2.01. The lowest BCUT2D eigenvalue weighted by atomic mass is 10.2. The molecule has 0 heterocycles. The van der Waals surface area contributed by atoms with E-state index in [0.29, 0.717) is 11.5 Å². The smallest absolute Gasteiger partial charge is 0.343 e. The van der Waals surface area contributed by atoms with Crippen LogP contribution in [0, 0.1) is 6.92 Å². The van der Waals surface area contributed by atoms with Gasteiger partial charge in [-0.2, -0.15) is 0 Å². The largest absolute Gasteiger partial charge is 0.477 e. The molecule has 2 aromatic rings. The van der Waals surface area contributed by atoms with Crippen molar-refractivity contribution in [1.82, 2.24) is 0 Å². The molecule has 0 aromatic heterocycles. The van der Waals surface area contributed by atoms with Gasteiger partial charge in [-0.3, -0.25) is 0 Å². The van der Waals surface area contributed by atoms with Gasteiger partial charge < -0.3 is 18.9 Å². The molecule has 24 heavy (non-hydrogen) atoms. The number of hydrogen-bond donors (Lipinski definition) is 0. The third-order valence-corrected chi connectivity index (χ3v) is 3.16. The average Bonchev–Trinajstić information content (AvgIpc) is 2.59. The highest BCUT2D eigenvalue weighted by atomic mass is 16.6. The van der Waals surface area contributed by atoms with E-state index in [4.69, 9.17) is 14.2 Å². The molecule has 0 N–H and O–H groups in total. The monoisotopic (exact) mass is 330 g/mol. The molecule has 0 unspecified atom stereocenters. The van der Waals surface area contributed by atoms with E-state index in [2.05, 4.69) is 4.74 Å². The van der Waals surface area contributed by atoms with E-state index in [0.717, 1.165) is 5.56 Å². The fourth-order valence-corrected chi connectivity index (χ4v) is 2.01. The van der Waals surface area contributed by atoms with Gasteiger partial charge in [0, 0.05) is 0 Å². The third kappa shape index (κ3) is 4.25. The van der Waals surface area contributed by atoms with Gasteiger partial charge in [-0.05, 0) is 36.8 Å². The Hall–Kier alpha value is -3.02. The van der Waals surface area contributed by atoms with Crippen LogP contribution in [0.3, 0.4) is 0 Å². The molecule has 126 valence electrons. The Kier molecular flexibility index (Phi) is 5.78. The third-order valence-electron chi connectivity index (χ3n) is 3.16. The van der Waals surface area contributed by atoms with Gasteiger partial charge in [0.05, 0.1) is 14.2 Å². The number of carbonyl (C=O) groups is 2. The summed E-state index contributed by atoms with van der Waals surface area (Å²) in [6.45, 7) is 1.58. The van der Waals surface area contributed by atoms with Crippen LogP contribution in [0.2, 0.25) is 0 Å². The summed E-state index contributed by atoms with van der Waals surface area (Å²) < 4.78 is 20.5. The minimum absolute atomic E-state index is 0.122. The number of benzene rings is 2. The number of ether oxygens (including phenoxy) is 4.